The fourth-order valence-corrected chi connectivity index (χ4v) is 1.71. The molecule has 1 heteroatoms. The Balaban J connectivity index is 3.71. The third kappa shape index (κ3) is 9.82. The van der Waals surface area contributed by atoms with Crippen LogP contribution in [0.5, 0.6) is 0 Å². The molecule has 88 valence electrons. The first-order valence-corrected chi connectivity index (χ1v) is 6.15. The van der Waals surface area contributed by atoms with Crippen LogP contribution in [0.25, 0.3) is 0 Å². The molecule has 0 radical (unpaired) electrons. The van der Waals surface area contributed by atoms with Crippen LogP contribution in [-0.2, 0) is 0 Å². The minimum atomic E-state index is 0.462. The number of nitrogens with zero attached hydrogens (tertiary/aromatic N) is 1. The van der Waals surface area contributed by atoms with E-state index in [4.69, 9.17) is 6.42 Å². The molecule has 0 fully saturated rings. The van der Waals surface area contributed by atoms with Crippen molar-refractivity contribution < 1.29 is 0 Å². The predicted molar refractivity (Wildman–Crippen MR) is 68.9 cm³/mol. The lowest BCUT2D eigenvalue weighted by Crippen LogP contribution is -2.27. The molecule has 0 atom stereocenters. The van der Waals surface area contributed by atoms with Crippen LogP contribution in [0, 0.1) is 17.8 Å². The average molecular weight is 209 g/mol. The first-order chi connectivity index (χ1) is 6.99. The highest BCUT2D eigenvalue weighted by molar-refractivity contribution is 4.84. The summed E-state index contributed by atoms with van der Waals surface area (Å²) in [5, 5.41) is 0. The van der Waals surface area contributed by atoms with E-state index in [2.05, 4.69) is 38.5 Å². The molecule has 0 rings (SSSR count). The highest BCUT2D eigenvalue weighted by atomic mass is 15.1. The fourth-order valence-electron chi connectivity index (χ4n) is 1.71. The zero-order chi connectivity index (χ0) is 11.7. The van der Waals surface area contributed by atoms with Gasteiger partial charge < -0.3 is 4.90 Å². The van der Waals surface area contributed by atoms with Gasteiger partial charge in [-0.25, -0.2) is 0 Å². The standard InChI is InChI=1S/C14H27N/c1-6-8-12-15(11-7-2)13-9-10-14(3,4)5/h1H,7-13H2,2-5H3. The molecule has 0 aliphatic heterocycles. The fraction of sp³-hybridized carbons (Fsp3) is 0.857. The van der Waals surface area contributed by atoms with E-state index in [1.54, 1.807) is 0 Å². The van der Waals surface area contributed by atoms with Crippen LogP contribution in [0.2, 0.25) is 0 Å². The smallest absolute Gasteiger partial charge is 0.0214 e. The second kappa shape index (κ2) is 7.77. The lowest BCUT2D eigenvalue weighted by molar-refractivity contribution is 0.252. The Morgan fingerprint density at radius 2 is 1.80 bits per heavy atom. The molecule has 0 aromatic carbocycles. The summed E-state index contributed by atoms with van der Waals surface area (Å²) in [5.41, 5.74) is 0.462. The first kappa shape index (κ1) is 14.5. The van der Waals surface area contributed by atoms with Gasteiger partial charge in [0.1, 0.15) is 0 Å². The van der Waals surface area contributed by atoms with Crippen molar-refractivity contribution in [3.05, 3.63) is 0 Å². The van der Waals surface area contributed by atoms with E-state index in [0.717, 1.165) is 13.0 Å². The number of hydrogen-bond acceptors (Lipinski definition) is 1. The van der Waals surface area contributed by atoms with E-state index in [9.17, 15) is 0 Å². The summed E-state index contributed by atoms with van der Waals surface area (Å²) < 4.78 is 0. The molecule has 0 aromatic heterocycles. The molecule has 0 aliphatic rings. The zero-order valence-electron chi connectivity index (χ0n) is 11.0. The molecule has 0 saturated carbocycles. The molecule has 0 amide bonds. The van der Waals surface area contributed by atoms with Crippen molar-refractivity contribution in [2.24, 2.45) is 5.41 Å². The molecule has 0 unspecified atom stereocenters. The lowest BCUT2D eigenvalue weighted by atomic mass is 9.90. The van der Waals surface area contributed by atoms with E-state index in [-0.39, 0.29) is 0 Å². The largest absolute Gasteiger partial charge is 0.302 e. The van der Waals surface area contributed by atoms with Crippen LogP contribution in [-0.4, -0.2) is 24.5 Å². The van der Waals surface area contributed by atoms with Crippen LogP contribution >= 0.6 is 0 Å². The maximum atomic E-state index is 5.29. The Hall–Kier alpha value is -0.480. The minimum absolute atomic E-state index is 0.462. The molecule has 0 aliphatic carbocycles. The molecule has 0 aromatic rings. The van der Waals surface area contributed by atoms with Gasteiger partial charge in [0.2, 0.25) is 0 Å². The van der Waals surface area contributed by atoms with Crippen molar-refractivity contribution in [3.8, 4) is 12.3 Å². The van der Waals surface area contributed by atoms with E-state index < -0.39 is 0 Å². The van der Waals surface area contributed by atoms with E-state index in [0.29, 0.717) is 5.41 Å². The van der Waals surface area contributed by atoms with Crippen LogP contribution in [0.15, 0.2) is 0 Å². The molecule has 0 heterocycles. The summed E-state index contributed by atoms with van der Waals surface area (Å²) in [6, 6.07) is 0. The molecule has 15 heavy (non-hydrogen) atoms. The maximum Gasteiger partial charge on any atom is 0.0214 e. The summed E-state index contributed by atoms with van der Waals surface area (Å²) in [4.78, 5) is 2.49. The third-order valence-electron chi connectivity index (χ3n) is 2.51. The van der Waals surface area contributed by atoms with Gasteiger partial charge in [0, 0.05) is 13.0 Å². The summed E-state index contributed by atoms with van der Waals surface area (Å²) in [6.07, 6.45) is 9.98. The van der Waals surface area contributed by atoms with Gasteiger partial charge in [-0.15, -0.1) is 12.3 Å². The Kier molecular flexibility index (Phi) is 7.52. The van der Waals surface area contributed by atoms with Gasteiger partial charge in [-0.3, -0.25) is 0 Å². The number of rotatable bonds is 7. The minimum Gasteiger partial charge on any atom is -0.302 e. The Labute approximate surface area is 96.2 Å². The second-order valence-electron chi connectivity index (χ2n) is 5.46. The van der Waals surface area contributed by atoms with Crippen LogP contribution < -0.4 is 0 Å². The summed E-state index contributed by atoms with van der Waals surface area (Å²) in [6.45, 7) is 12.6. The summed E-state index contributed by atoms with van der Waals surface area (Å²) in [7, 11) is 0. The monoisotopic (exact) mass is 209 g/mol. The van der Waals surface area contributed by atoms with Gasteiger partial charge in [-0.1, -0.05) is 27.7 Å². The van der Waals surface area contributed by atoms with E-state index in [1.807, 2.05) is 0 Å². The molecular formula is C14H27N. The molecular weight excluding hydrogens is 182 g/mol. The van der Waals surface area contributed by atoms with Crippen molar-refractivity contribution in [2.75, 3.05) is 19.6 Å². The van der Waals surface area contributed by atoms with Crippen molar-refractivity contribution >= 4 is 0 Å². The summed E-state index contributed by atoms with van der Waals surface area (Å²) >= 11 is 0. The Morgan fingerprint density at radius 3 is 2.27 bits per heavy atom. The van der Waals surface area contributed by atoms with Gasteiger partial charge in [-0.05, 0) is 37.8 Å². The van der Waals surface area contributed by atoms with Crippen LogP contribution in [0.3, 0.4) is 0 Å². The molecule has 0 saturated heterocycles. The van der Waals surface area contributed by atoms with Gasteiger partial charge in [0.25, 0.3) is 0 Å². The highest BCUT2D eigenvalue weighted by Gasteiger charge is 2.10. The van der Waals surface area contributed by atoms with Crippen LogP contribution in [0.4, 0.5) is 0 Å². The molecule has 0 N–H and O–H groups in total. The van der Waals surface area contributed by atoms with E-state index >= 15 is 0 Å². The maximum absolute atomic E-state index is 5.29. The van der Waals surface area contributed by atoms with Crippen molar-refractivity contribution in [1.29, 1.82) is 0 Å². The SMILES string of the molecule is C#CCCN(CCC)CCCC(C)(C)C. The van der Waals surface area contributed by atoms with Crippen molar-refractivity contribution in [2.45, 2.75) is 53.4 Å². The normalized spacial score (nSPS) is 11.7. The average Bonchev–Trinajstić information content (AvgIpc) is 2.12. The van der Waals surface area contributed by atoms with Crippen molar-refractivity contribution in [1.82, 2.24) is 4.90 Å². The number of hydrogen-bond donors (Lipinski definition) is 0. The second-order valence-corrected chi connectivity index (χ2v) is 5.46. The van der Waals surface area contributed by atoms with Gasteiger partial charge >= 0.3 is 0 Å². The Morgan fingerprint density at radius 1 is 1.13 bits per heavy atom. The van der Waals surface area contributed by atoms with Gasteiger partial charge in [0.05, 0.1) is 0 Å². The zero-order valence-corrected chi connectivity index (χ0v) is 11.0. The lowest BCUT2D eigenvalue weighted by Gasteiger charge is -2.23. The first-order valence-electron chi connectivity index (χ1n) is 6.15. The molecule has 1 nitrogen and oxygen atoms in total. The van der Waals surface area contributed by atoms with Crippen molar-refractivity contribution in [3.63, 3.8) is 0 Å². The quantitative estimate of drug-likeness (QED) is 0.580. The topological polar surface area (TPSA) is 3.24 Å². The van der Waals surface area contributed by atoms with Gasteiger partial charge in [0.15, 0.2) is 0 Å². The molecule has 0 bridgehead atoms. The molecule has 0 spiro atoms. The highest BCUT2D eigenvalue weighted by Crippen LogP contribution is 2.20. The Bertz CT molecular complexity index is 182. The van der Waals surface area contributed by atoms with E-state index in [1.165, 1.54) is 32.4 Å². The predicted octanol–water partition coefficient (Wildman–Crippen LogP) is 3.55. The van der Waals surface area contributed by atoms with Gasteiger partial charge in [-0.2, -0.15) is 0 Å². The number of terminal acetylenes is 1. The third-order valence-corrected chi connectivity index (χ3v) is 2.51. The van der Waals surface area contributed by atoms with Crippen LogP contribution in [0.1, 0.15) is 53.4 Å². The summed E-state index contributed by atoms with van der Waals surface area (Å²) in [5.74, 6) is 2.72.